The van der Waals surface area contributed by atoms with Crippen LogP contribution in [0.2, 0.25) is 0 Å². The highest BCUT2D eigenvalue weighted by atomic mass is 35.5. The van der Waals surface area contributed by atoms with Crippen molar-refractivity contribution in [1.29, 1.82) is 0 Å². The maximum atomic E-state index is 13.0. The van der Waals surface area contributed by atoms with Gasteiger partial charge in [-0.15, -0.1) is 0 Å². The molecule has 196 valence electrons. The Hall–Kier alpha value is -2.90. The predicted molar refractivity (Wildman–Crippen MR) is 136 cm³/mol. The van der Waals surface area contributed by atoms with Gasteiger partial charge in [-0.25, -0.2) is 0 Å². The molecule has 36 heavy (non-hydrogen) atoms. The molecule has 3 rings (SSSR count). The van der Waals surface area contributed by atoms with E-state index in [4.69, 9.17) is 0 Å². The van der Waals surface area contributed by atoms with Crippen LogP contribution in [0.3, 0.4) is 0 Å². The van der Waals surface area contributed by atoms with Gasteiger partial charge in [0.25, 0.3) is 5.91 Å². The molecule has 1 aliphatic heterocycles. The Labute approximate surface area is 220 Å². The average molecular weight is 515 g/mol. The summed E-state index contributed by atoms with van der Waals surface area (Å²) < 4.78 is 0. The fraction of sp³-hybridized carbons (Fsp3) is 0.464. The molecule has 1 heterocycles. The van der Waals surface area contributed by atoms with Crippen molar-refractivity contribution < 1.29 is 32.5 Å². The third-order valence-electron chi connectivity index (χ3n) is 6.76. The quantitative estimate of drug-likeness (QED) is 0.404. The maximum Gasteiger partial charge on any atom is 0.281 e. The van der Waals surface area contributed by atoms with Crippen molar-refractivity contribution in [2.45, 2.75) is 58.2 Å². The van der Waals surface area contributed by atoms with E-state index in [1.807, 2.05) is 86.3 Å². The highest BCUT2D eigenvalue weighted by Gasteiger charge is 2.33. The van der Waals surface area contributed by atoms with Crippen LogP contribution in [0.4, 0.5) is 0 Å². The topological polar surface area (TPSA) is 106 Å². The summed E-state index contributed by atoms with van der Waals surface area (Å²) in [6.07, 6.45) is 1.78. The van der Waals surface area contributed by atoms with Crippen molar-refractivity contribution in [1.82, 2.24) is 15.5 Å². The van der Waals surface area contributed by atoms with Gasteiger partial charge >= 0.3 is 0 Å². The molecule has 1 unspecified atom stereocenters. The summed E-state index contributed by atoms with van der Waals surface area (Å²) in [4.78, 5) is 40.7. The third-order valence-corrected chi connectivity index (χ3v) is 6.76. The molecule has 0 radical (unpaired) electrons. The summed E-state index contributed by atoms with van der Waals surface area (Å²) in [5.74, 6) is -0.528. The molecule has 0 aromatic heterocycles. The lowest BCUT2D eigenvalue weighted by molar-refractivity contribution is -0.405. The van der Waals surface area contributed by atoms with Gasteiger partial charge in [0.1, 0.15) is 6.04 Å². The third kappa shape index (κ3) is 8.07. The van der Waals surface area contributed by atoms with E-state index in [1.54, 1.807) is 0 Å². The Morgan fingerprint density at radius 3 is 2.03 bits per heavy atom. The number of carbonyl (C=O) groups excluding carboxylic acids is 3. The standard InChI is InChI=1S/C28H38N4O3.ClH/c1-19(2)25(27(34)30-20(3)22-12-8-5-9-13-22)31-26(33)23-14-16-32(17-15-23)28(35)24(29)18-21-10-6-4-7-11-21;/h4-13,19-20,23-25H,14-18,29H2,1-3H3,(H,30,34)(H,31,33);1H/t20?,24-,25-;/m0./s1. The number of halogens is 1. The summed E-state index contributed by atoms with van der Waals surface area (Å²) in [7, 11) is 0. The SMILES string of the molecule is CC(NC(=O)[C@@H](NC(=O)C1CCN(C(=O)[C@@H]([NH3+])Cc2ccccc2)CC1)C(C)C)c1ccccc1.[Cl-]. The number of benzene rings is 2. The summed E-state index contributed by atoms with van der Waals surface area (Å²) in [6.45, 7) is 6.86. The molecule has 0 saturated carbocycles. The fourth-order valence-corrected chi connectivity index (χ4v) is 4.54. The number of likely N-dealkylation sites (tertiary alicyclic amines) is 1. The summed E-state index contributed by atoms with van der Waals surface area (Å²) in [6, 6.07) is 18.5. The molecule has 1 fully saturated rings. The molecule has 5 N–H and O–H groups in total. The first-order chi connectivity index (χ1) is 16.8. The first-order valence-corrected chi connectivity index (χ1v) is 12.6. The van der Waals surface area contributed by atoms with Crippen LogP contribution in [0.15, 0.2) is 60.7 Å². The zero-order valence-electron chi connectivity index (χ0n) is 21.5. The molecule has 0 bridgehead atoms. The van der Waals surface area contributed by atoms with Crippen LogP contribution < -0.4 is 28.8 Å². The number of amides is 3. The van der Waals surface area contributed by atoms with E-state index in [-0.39, 0.29) is 54.0 Å². The van der Waals surface area contributed by atoms with Gasteiger partial charge in [0.05, 0.1) is 6.04 Å². The van der Waals surface area contributed by atoms with E-state index in [0.29, 0.717) is 32.4 Å². The lowest BCUT2D eigenvalue weighted by Crippen LogP contribution is -3.00. The number of quaternary nitrogens is 1. The smallest absolute Gasteiger partial charge is 0.281 e. The van der Waals surface area contributed by atoms with Crippen LogP contribution in [0.5, 0.6) is 0 Å². The molecular formula is C28H39ClN4O3. The van der Waals surface area contributed by atoms with Crippen molar-refractivity contribution in [3.05, 3.63) is 71.8 Å². The minimum absolute atomic E-state index is 0. The Balaban J connectivity index is 0.00000456. The predicted octanol–water partition coefficient (Wildman–Crippen LogP) is -0.900. The first-order valence-electron chi connectivity index (χ1n) is 12.6. The number of hydrogen-bond acceptors (Lipinski definition) is 3. The van der Waals surface area contributed by atoms with Gasteiger partial charge in [-0.1, -0.05) is 74.5 Å². The zero-order chi connectivity index (χ0) is 25.4. The lowest BCUT2D eigenvalue weighted by atomic mass is 9.93. The van der Waals surface area contributed by atoms with E-state index < -0.39 is 6.04 Å². The monoisotopic (exact) mass is 514 g/mol. The lowest BCUT2D eigenvalue weighted by Gasteiger charge is -2.33. The average Bonchev–Trinajstić information content (AvgIpc) is 2.87. The fourth-order valence-electron chi connectivity index (χ4n) is 4.54. The molecule has 2 aromatic rings. The highest BCUT2D eigenvalue weighted by molar-refractivity contribution is 5.89. The van der Waals surface area contributed by atoms with Crippen molar-refractivity contribution >= 4 is 17.7 Å². The Morgan fingerprint density at radius 1 is 0.917 bits per heavy atom. The van der Waals surface area contributed by atoms with Gasteiger partial charge in [-0.3, -0.25) is 14.4 Å². The van der Waals surface area contributed by atoms with Crippen molar-refractivity contribution in [3.8, 4) is 0 Å². The van der Waals surface area contributed by atoms with Crippen LogP contribution in [0.25, 0.3) is 0 Å². The Kier molecular flexibility index (Phi) is 11.4. The highest BCUT2D eigenvalue weighted by Crippen LogP contribution is 2.20. The number of carbonyl (C=O) groups is 3. The molecule has 2 aromatic carbocycles. The molecule has 1 aliphatic rings. The van der Waals surface area contributed by atoms with E-state index in [0.717, 1.165) is 11.1 Å². The second-order valence-electron chi connectivity index (χ2n) is 9.86. The van der Waals surface area contributed by atoms with Crippen LogP contribution in [0.1, 0.15) is 50.8 Å². The summed E-state index contributed by atoms with van der Waals surface area (Å²) in [5.41, 5.74) is 6.18. The van der Waals surface area contributed by atoms with Gasteiger partial charge in [-0.05, 0) is 36.8 Å². The van der Waals surface area contributed by atoms with Gasteiger partial charge < -0.3 is 33.7 Å². The van der Waals surface area contributed by atoms with Crippen LogP contribution >= 0.6 is 0 Å². The van der Waals surface area contributed by atoms with E-state index >= 15 is 0 Å². The van der Waals surface area contributed by atoms with E-state index in [1.165, 1.54) is 0 Å². The minimum Gasteiger partial charge on any atom is -1.00 e. The molecule has 8 heteroatoms. The molecule has 7 nitrogen and oxygen atoms in total. The van der Waals surface area contributed by atoms with E-state index in [2.05, 4.69) is 16.4 Å². The van der Waals surface area contributed by atoms with Crippen LogP contribution in [-0.4, -0.2) is 47.8 Å². The van der Waals surface area contributed by atoms with Crippen LogP contribution in [0, 0.1) is 11.8 Å². The molecule has 0 aliphatic carbocycles. The summed E-state index contributed by atoms with van der Waals surface area (Å²) in [5, 5.41) is 6.00. The van der Waals surface area contributed by atoms with Crippen molar-refractivity contribution in [3.63, 3.8) is 0 Å². The molecule has 1 saturated heterocycles. The molecule has 3 amide bonds. The van der Waals surface area contributed by atoms with Crippen molar-refractivity contribution in [2.24, 2.45) is 11.8 Å². The van der Waals surface area contributed by atoms with Crippen LogP contribution in [-0.2, 0) is 20.8 Å². The van der Waals surface area contributed by atoms with Gasteiger partial charge in [0, 0.05) is 25.4 Å². The van der Waals surface area contributed by atoms with E-state index in [9.17, 15) is 14.4 Å². The van der Waals surface area contributed by atoms with Gasteiger partial charge in [-0.2, -0.15) is 0 Å². The van der Waals surface area contributed by atoms with Gasteiger partial charge in [0.2, 0.25) is 11.8 Å². The number of nitrogens with one attached hydrogen (secondary N) is 2. The first kappa shape index (κ1) is 29.3. The molecule has 3 atom stereocenters. The summed E-state index contributed by atoms with van der Waals surface area (Å²) >= 11 is 0. The number of hydrogen-bond donors (Lipinski definition) is 3. The maximum absolute atomic E-state index is 13.0. The van der Waals surface area contributed by atoms with Gasteiger partial charge in [0.15, 0.2) is 6.04 Å². The second-order valence-corrected chi connectivity index (χ2v) is 9.86. The normalized spacial score (nSPS) is 16.4. The minimum atomic E-state index is -0.608. The Morgan fingerprint density at radius 2 is 1.47 bits per heavy atom. The Bertz CT molecular complexity index is 979. The number of rotatable bonds is 9. The number of piperidine rings is 1. The second kappa shape index (κ2) is 14.0. The molecule has 0 spiro atoms. The number of nitrogens with zero attached hydrogens (tertiary/aromatic N) is 1. The molecular weight excluding hydrogens is 476 g/mol. The largest absolute Gasteiger partial charge is 1.00 e. The zero-order valence-corrected chi connectivity index (χ0v) is 22.2. The van der Waals surface area contributed by atoms with Crippen molar-refractivity contribution in [2.75, 3.05) is 13.1 Å².